The lowest BCUT2D eigenvalue weighted by molar-refractivity contribution is -0.143. The van der Waals surface area contributed by atoms with Gasteiger partial charge >= 0.3 is 11.9 Å². The number of hydrogen-bond acceptors (Lipinski definition) is 4. The lowest BCUT2D eigenvalue weighted by Gasteiger charge is -2.04. The number of rotatable bonds is 4. The summed E-state index contributed by atoms with van der Waals surface area (Å²) in [5.74, 6) is -3.50. The molecule has 0 bridgehead atoms. The predicted molar refractivity (Wildman–Crippen MR) is 51.2 cm³/mol. The average Bonchev–Trinajstić information content (AvgIpc) is 1.98. The van der Waals surface area contributed by atoms with E-state index in [9.17, 15) is 18.0 Å². The molecular formula is C7H14O7S. The summed E-state index contributed by atoms with van der Waals surface area (Å²) in [5.41, 5.74) is 0. The molecular weight excluding hydrogens is 228 g/mol. The summed E-state index contributed by atoms with van der Waals surface area (Å²) in [7, 11) is -4.84. The molecule has 0 spiro atoms. The third kappa shape index (κ3) is 9.16. The molecule has 0 aromatic rings. The van der Waals surface area contributed by atoms with Gasteiger partial charge < -0.3 is 10.2 Å². The molecule has 0 aliphatic rings. The first-order valence-electron chi connectivity index (χ1n) is 4.07. The minimum absolute atomic E-state index is 1.16. The maximum absolute atomic E-state index is 10.2. The van der Waals surface area contributed by atoms with Gasteiger partial charge in [0.1, 0.15) is 0 Å². The van der Waals surface area contributed by atoms with Crippen LogP contribution in [0.3, 0.4) is 0 Å². The first-order valence-corrected chi connectivity index (χ1v) is 5.57. The molecule has 3 N–H and O–H groups in total. The standard InChI is InChI=1S/C4H6O7S.C3H8/c5-3(6)1-2(4(7)8)12(9,10)11;1-3-2/h2H,1H2,(H,5,6)(H,7,8)(H,9,10,11);3H2,1-2H3. The highest BCUT2D eigenvalue weighted by Gasteiger charge is 2.33. The molecule has 0 aromatic carbocycles. The van der Waals surface area contributed by atoms with Crippen LogP contribution in [0.2, 0.25) is 0 Å². The van der Waals surface area contributed by atoms with Gasteiger partial charge in [0.2, 0.25) is 0 Å². The third-order valence-electron chi connectivity index (χ3n) is 0.995. The fourth-order valence-corrected chi connectivity index (χ4v) is 1.09. The van der Waals surface area contributed by atoms with Crippen molar-refractivity contribution in [2.45, 2.75) is 31.9 Å². The summed E-state index contributed by atoms with van der Waals surface area (Å²) in [6.07, 6.45) is 0.0914. The van der Waals surface area contributed by atoms with Gasteiger partial charge in [-0.25, -0.2) is 0 Å². The van der Waals surface area contributed by atoms with Crippen molar-refractivity contribution in [3.8, 4) is 0 Å². The maximum atomic E-state index is 10.2. The van der Waals surface area contributed by atoms with Crippen molar-refractivity contribution in [3.63, 3.8) is 0 Å². The topological polar surface area (TPSA) is 129 Å². The van der Waals surface area contributed by atoms with Crippen LogP contribution in [0.25, 0.3) is 0 Å². The molecule has 0 fully saturated rings. The Bertz CT molecular complexity index is 305. The second-order valence-corrected chi connectivity index (χ2v) is 4.25. The third-order valence-corrected chi connectivity index (χ3v) is 2.08. The van der Waals surface area contributed by atoms with Crippen molar-refractivity contribution < 1.29 is 32.8 Å². The molecule has 0 radical (unpaired) electrons. The second kappa shape index (κ2) is 7.18. The van der Waals surface area contributed by atoms with Gasteiger partial charge in [0.15, 0.2) is 5.25 Å². The molecule has 0 aliphatic carbocycles. The number of hydrogen-bond donors (Lipinski definition) is 3. The number of carboxylic acid groups (broad SMARTS) is 2. The molecule has 1 atom stereocenters. The van der Waals surface area contributed by atoms with Crippen LogP contribution >= 0.6 is 0 Å². The summed E-state index contributed by atoms with van der Waals surface area (Å²) in [5, 5.41) is 13.9. The fraction of sp³-hybridized carbons (Fsp3) is 0.714. The van der Waals surface area contributed by atoms with Gasteiger partial charge in [-0.1, -0.05) is 20.3 Å². The molecule has 0 amide bonds. The SMILES string of the molecule is CCC.O=C(O)CC(C(=O)O)S(=O)(=O)O. The largest absolute Gasteiger partial charge is 0.481 e. The van der Waals surface area contributed by atoms with E-state index in [4.69, 9.17) is 14.8 Å². The van der Waals surface area contributed by atoms with E-state index in [0.717, 1.165) is 0 Å². The molecule has 0 saturated heterocycles. The average molecular weight is 242 g/mol. The smallest absolute Gasteiger partial charge is 0.325 e. The van der Waals surface area contributed by atoms with Crippen LogP contribution < -0.4 is 0 Å². The molecule has 15 heavy (non-hydrogen) atoms. The van der Waals surface area contributed by atoms with Crippen LogP contribution in [0.1, 0.15) is 26.7 Å². The quantitative estimate of drug-likeness (QED) is 0.601. The van der Waals surface area contributed by atoms with Crippen LogP contribution in [0.5, 0.6) is 0 Å². The van der Waals surface area contributed by atoms with Crippen LogP contribution in [0.15, 0.2) is 0 Å². The lowest BCUT2D eigenvalue weighted by Crippen LogP contribution is -2.31. The Labute approximate surface area is 87.5 Å². The molecule has 0 saturated carbocycles. The molecule has 7 nitrogen and oxygen atoms in total. The number of carbonyl (C=O) groups is 2. The van der Waals surface area contributed by atoms with Crippen LogP contribution in [0, 0.1) is 0 Å². The Morgan fingerprint density at radius 2 is 1.53 bits per heavy atom. The van der Waals surface area contributed by atoms with Gasteiger partial charge in [-0.3, -0.25) is 14.1 Å². The van der Waals surface area contributed by atoms with E-state index in [1.165, 1.54) is 6.42 Å². The van der Waals surface area contributed by atoms with Gasteiger partial charge in [-0.15, -0.1) is 0 Å². The molecule has 0 aromatic heterocycles. The zero-order chi connectivity index (χ0) is 12.6. The van der Waals surface area contributed by atoms with Crippen LogP contribution in [0.4, 0.5) is 0 Å². The van der Waals surface area contributed by atoms with Crippen molar-refractivity contribution in [2.24, 2.45) is 0 Å². The highest BCUT2D eigenvalue weighted by Crippen LogP contribution is 2.04. The Morgan fingerprint density at radius 3 is 1.60 bits per heavy atom. The van der Waals surface area contributed by atoms with E-state index >= 15 is 0 Å². The van der Waals surface area contributed by atoms with Crippen molar-refractivity contribution in [3.05, 3.63) is 0 Å². The van der Waals surface area contributed by atoms with E-state index in [1.807, 2.05) is 0 Å². The van der Waals surface area contributed by atoms with Gasteiger partial charge in [-0.05, 0) is 0 Å². The predicted octanol–water partition coefficient (Wildman–Crippen LogP) is 0.218. The molecule has 90 valence electrons. The fourth-order valence-electron chi connectivity index (χ4n) is 0.479. The Balaban J connectivity index is 0. The van der Waals surface area contributed by atoms with Crippen LogP contribution in [-0.4, -0.2) is 40.4 Å². The van der Waals surface area contributed by atoms with Gasteiger partial charge in [0.25, 0.3) is 10.1 Å². The first kappa shape index (κ1) is 16.3. The molecule has 0 heterocycles. The van der Waals surface area contributed by atoms with Gasteiger partial charge in [0.05, 0.1) is 6.42 Å². The van der Waals surface area contributed by atoms with E-state index in [-0.39, 0.29) is 0 Å². The van der Waals surface area contributed by atoms with E-state index in [1.54, 1.807) is 0 Å². The molecule has 0 aliphatic heterocycles. The van der Waals surface area contributed by atoms with Gasteiger partial charge in [0, 0.05) is 0 Å². The highest BCUT2D eigenvalue weighted by atomic mass is 32.2. The Hall–Kier alpha value is -1.15. The monoisotopic (exact) mass is 242 g/mol. The van der Waals surface area contributed by atoms with Crippen molar-refractivity contribution in [1.82, 2.24) is 0 Å². The van der Waals surface area contributed by atoms with Crippen molar-refractivity contribution >= 4 is 22.1 Å². The van der Waals surface area contributed by atoms with Gasteiger partial charge in [-0.2, -0.15) is 8.42 Å². The normalized spacial score (nSPS) is 12.2. The van der Waals surface area contributed by atoms with E-state index in [0.29, 0.717) is 0 Å². The molecule has 0 rings (SSSR count). The second-order valence-electron chi connectivity index (χ2n) is 2.65. The van der Waals surface area contributed by atoms with Crippen molar-refractivity contribution in [1.29, 1.82) is 0 Å². The minimum Gasteiger partial charge on any atom is -0.481 e. The summed E-state index contributed by atoms with van der Waals surface area (Å²) in [4.78, 5) is 20.0. The summed E-state index contributed by atoms with van der Waals surface area (Å²) in [6, 6.07) is 0. The maximum Gasteiger partial charge on any atom is 0.325 e. The Morgan fingerprint density at radius 1 is 1.20 bits per heavy atom. The number of aliphatic carboxylic acids is 2. The zero-order valence-corrected chi connectivity index (χ0v) is 9.19. The summed E-state index contributed by atoms with van der Waals surface area (Å²) in [6.45, 7) is 4.25. The summed E-state index contributed by atoms with van der Waals surface area (Å²) < 4.78 is 28.7. The van der Waals surface area contributed by atoms with Crippen molar-refractivity contribution in [2.75, 3.05) is 0 Å². The summed E-state index contributed by atoms with van der Waals surface area (Å²) >= 11 is 0. The molecule has 1 unspecified atom stereocenters. The van der Waals surface area contributed by atoms with E-state index in [2.05, 4.69) is 13.8 Å². The molecule has 8 heteroatoms. The highest BCUT2D eigenvalue weighted by molar-refractivity contribution is 7.87. The Kier molecular flexibility index (Phi) is 7.80. The minimum atomic E-state index is -4.84. The first-order chi connectivity index (χ1) is 6.66. The van der Waals surface area contributed by atoms with E-state index < -0.39 is 33.7 Å². The van der Waals surface area contributed by atoms with Crippen LogP contribution in [-0.2, 0) is 19.7 Å². The zero-order valence-electron chi connectivity index (χ0n) is 8.37. The number of carboxylic acids is 2. The lowest BCUT2D eigenvalue weighted by atomic mass is 10.3.